The molecule has 0 bridgehead atoms. The Balaban J connectivity index is 4.37. The van der Waals surface area contributed by atoms with Crippen molar-refractivity contribution in [2.24, 2.45) is 0 Å². The summed E-state index contributed by atoms with van der Waals surface area (Å²) in [6, 6.07) is 0. The fourth-order valence-corrected chi connectivity index (χ4v) is 0.200. The molecule has 1 N–H and O–H groups in total. The zero-order valence-electron chi connectivity index (χ0n) is 4.39. The lowest BCUT2D eigenvalue weighted by Crippen LogP contribution is -1.96. The number of Topliss-reactive ketones (excluding diaryl/α,β-unsaturated/α-hetero) is 1. The van der Waals surface area contributed by atoms with Crippen LogP contribution in [0.25, 0.3) is 0 Å². The monoisotopic (exact) mass is 111 g/mol. The average molecular weight is 111 g/mol. The fraction of sp³-hybridized carbons (Fsp3) is 0.200. The minimum absolute atomic E-state index is 0.218. The van der Waals surface area contributed by atoms with E-state index >= 15 is 0 Å². The Hall–Kier alpha value is -1.21. The van der Waals surface area contributed by atoms with Gasteiger partial charge in [0.15, 0.2) is 12.1 Å². The second-order valence-corrected chi connectivity index (χ2v) is 1.21. The van der Waals surface area contributed by atoms with Gasteiger partial charge in [0.2, 0.25) is 0 Å². The molecule has 3 nitrogen and oxygen atoms in total. The molecule has 0 heterocycles. The predicted molar refractivity (Wildman–Crippen MR) is 28.0 cm³/mol. The lowest BCUT2D eigenvalue weighted by atomic mass is 10.2. The van der Waals surface area contributed by atoms with Crippen molar-refractivity contribution in [3.63, 3.8) is 0 Å². The maximum atomic E-state index is 10.2. The number of hydrogen-bond acceptors (Lipinski definition) is 3. The normalized spacial score (nSPS) is 7.12. The second kappa shape index (κ2) is 2.88. The highest BCUT2D eigenvalue weighted by molar-refractivity contribution is 6.17. The van der Waals surface area contributed by atoms with Crippen molar-refractivity contribution in [1.82, 2.24) is 0 Å². The summed E-state index contributed by atoms with van der Waals surface area (Å²) in [6.45, 7) is 1.21. The van der Waals surface area contributed by atoms with Gasteiger partial charge in [-0.15, -0.1) is 0 Å². The summed E-state index contributed by atoms with van der Waals surface area (Å²) in [5, 5.41) is 6.35. The van der Waals surface area contributed by atoms with Crippen LogP contribution < -0.4 is 0 Å². The van der Waals surface area contributed by atoms with E-state index in [0.29, 0.717) is 6.29 Å². The summed E-state index contributed by atoms with van der Waals surface area (Å²) in [6.07, 6.45) is 0.315. The van der Waals surface area contributed by atoms with Crippen molar-refractivity contribution in [1.29, 1.82) is 5.41 Å². The topological polar surface area (TPSA) is 58.0 Å². The molecule has 0 unspecified atom stereocenters. The minimum atomic E-state index is -0.421. The van der Waals surface area contributed by atoms with Gasteiger partial charge in [-0.3, -0.25) is 15.0 Å². The van der Waals surface area contributed by atoms with Crippen LogP contribution in [0.2, 0.25) is 0 Å². The largest absolute Gasteiger partial charge is 0.297 e. The lowest BCUT2D eigenvalue weighted by molar-refractivity contribution is -0.115. The van der Waals surface area contributed by atoms with Crippen LogP contribution in [-0.4, -0.2) is 17.9 Å². The first kappa shape index (κ1) is 6.79. The van der Waals surface area contributed by atoms with Crippen molar-refractivity contribution < 1.29 is 9.59 Å². The standard InChI is InChI=1S/C5H5NO2/c1-4(8)5(2-6)3-7/h3,6H,1H3. The van der Waals surface area contributed by atoms with Crippen LogP contribution in [-0.2, 0) is 9.59 Å². The number of nitrogens with one attached hydrogen (secondary N) is 1. The van der Waals surface area contributed by atoms with E-state index in [9.17, 15) is 9.59 Å². The summed E-state index contributed by atoms with van der Waals surface area (Å²) in [5.74, 6) is 1.28. The van der Waals surface area contributed by atoms with E-state index in [1.54, 1.807) is 5.87 Å². The van der Waals surface area contributed by atoms with Crippen LogP contribution in [0, 0.1) is 5.41 Å². The van der Waals surface area contributed by atoms with Crippen LogP contribution in [0.15, 0.2) is 5.57 Å². The second-order valence-electron chi connectivity index (χ2n) is 1.21. The first-order chi connectivity index (χ1) is 3.72. The highest BCUT2D eigenvalue weighted by atomic mass is 16.1. The molecule has 0 aromatic rings. The lowest BCUT2D eigenvalue weighted by Gasteiger charge is -1.79. The van der Waals surface area contributed by atoms with Crippen molar-refractivity contribution >= 4 is 17.9 Å². The van der Waals surface area contributed by atoms with Crippen molar-refractivity contribution in [3.8, 4) is 0 Å². The molecule has 0 radical (unpaired) electrons. The third-order valence-electron chi connectivity index (χ3n) is 0.632. The van der Waals surface area contributed by atoms with E-state index in [-0.39, 0.29) is 5.57 Å². The quantitative estimate of drug-likeness (QED) is 0.178. The molecular weight excluding hydrogens is 106 g/mol. The molecule has 0 aliphatic carbocycles. The molecule has 0 saturated heterocycles. The molecule has 0 fully saturated rings. The molecule has 0 atom stereocenters. The summed E-state index contributed by atoms with van der Waals surface area (Å²) in [7, 11) is 0. The first-order valence-electron chi connectivity index (χ1n) is 1.98. The van der Waals surface area contributed by atoms with Gasteiger partial charge in [0.05, 0.1) is 0 Å². The molecule has 0 spiro atoms. The molecule has 0 aliphatic rings. The molecule has 0 aliphatic heterocycles. The van der Waals surface area contributed by atoms with Gasteiger partial charge in [0.25, 0.3) is 0 Å². The average Bonchev–Trinajstić information content (AvgIpc) is 1.69. The number of allylic oxidation sites excluding steroid dienone is 1. The van der Waals surface area contributed by atoms with Gasteiger partial charge in [-0.2, -0.15) is 0 Å². The van der Waals surface area contributed by atoms with Crippen LogP contribution in [0.4, 0.5) is 0 Å². The third-order valence-corrected chi connectivity index (χ3v) is 0.632. The Labute approximate surface area is 46.5 Å². The number of carbonyl (C=O) groups excluding carboxylic acids is 2. The predicted octanol–water partition coefficient (Wildman–Crippen LogP) is -0.0508. The highest BCUT2D eigenvalue weighted by Gasteiger charge is 1.97. The van der Waals surface area contributed by atoms with Gasteiger partial charge in [0.1, 0.15) is 5.57 Å². The maximum absolute atomic E-state index is 10.2. The number of rotatable bonds is 2. The number of hydrogen-bond donors (Lipinski definition) is 1. The Morgan fingerprint density at radius 1 is 1.75 bits per heavy atom. The summed E-state index contributed by atoms with van der Waals surface area (Å²) in [5.41, 5.74) is -0.218. The third kappa shape index (κ3) is 1.49. The number of aldehydes is 1. The van der Waals surface area contributed by atoms with Crippen LogP contribution >= 0.6 is 0 Å². The molecule has 3 heteroatoms. The smallest absolute Gasteiger partial charge is 0.172 e. The van der Waals surface area contributed by atoms with Gasteiger partial charge in [0, 0.05) is 0 Å². The molecule has 0 amide bonds. The zero-order valence-corrected chi connectivity index (χ0v) is 4.39. The van der Waals surface area contributed by atoms with E-state index in [1.165, 1.54) is 6.92 Å². The molecule has 0 aromatic heterocycles. The van der Waals surface area contributed by atoms with Gasteiger partial charge in [-0.1, -0.05) is 0 Å². The Morgan fingerprint density at radius 3 is 2.25 bits per heavy atom. The van der Waals surface area contributed by atoms with Gasteiger partial charge < -0.3 is 0 Å². The van der Waals surface area contributed by atoms with Crippen LogP contribution in [0.3, 0.4) is 0 Å². The van der Waals surface area contributed by atoms with E-state index in [2.05, 4.69) is 0 Å². The summed E-state index contributed by atoms with van der Waals surface area (Å²) < 4.78 is 0. The molecule has 0 saturated carbocycles. The summed E-state index contributed by atoms with van der Waals surface area (Å²) >= 11 is 0. The SMILES string of the molecule is CC(=O)C(=C=N)C=O. The van der Waals surface area contributed by atoms with E-state index in [0.717, 1.165) is 0 Å². The van der Waals surface area contributed by atoms with E-state index < -0.39 is 5.78 Å². The minimum Gasteiger partial charge on any atom is -0.297 e. The van der Waals surface area contributed by atoms with E-state index in [4.69, 9.17) is 5.41 Å². The highest BCUT2D eigenvalue weighted by Crippen LogP contribution is 1.80. The van der Waals surface area contributed by atoms with Gasteiger partial charge in [-0.05, 0) is 12.8 Å². The Kier molecular flexibility index (Phi) is 2.45. The van der Waals surface area contributed by atoms with Crippen molar-refractivity contribution in [2.75, 3.05) is 0 Å². The molecule has 42 valence electrons. The number of carbonyl (C=O) groups is 2. The molecular formula is C5H5NO2. The molecule has 0 rings (SSSR count). The van der Waals surface area contributed by atoms with Crippen LogP contribution in [0.5, 0.6) is 0 Å². The number of ketones is 1. The Morgan fingerprint density at radius 2 is 2.25 bits per heavy atom. The maximum Gasteiger partial charge on any atom is 0.172 e. The van der Waals surface area contributed by atoms with Crippen molar-refractivity contribution in [3.05, 3.63) is 5.57 Å². The van der Waals surface area contributed by atoms with Crippen LogP contribution in [0.1, 0.15) is 6.92 Å². The zero-order chi connectivity index (χ0) is 6.57. The van der Waals surface area contributed by atoms with Crippen molar-refractivity contribution in [2.45, 2.75) is 6.92 Å². The molecule has 8 heavy (non-hydrogen) atoms. The molecule has 0 aromatic carbocycles. The first-order valence-corrected chi connectivity index (χ1v) is 1.98. The Bertz CT molecular complexity index is 165. The van der Waals surface area contributed by atoms with Gasteiger partial charge in [-0.25, -0.2) is 0 Å². The van der Waals surface area contributed by atoms with E-state index in [1.807, 2.05) is 0 Å². The summed E-state index contributed by atoms with van der Waals surface area (Å²) in [4.78, 5) is 19.9. The fourth-order valence-electron chi connectivity index (χ4n) is 0.200. The van der Waals surface area contributed by atoms with Gasteiger partial charge >= 0.3 is 0 Å².